The molecule has 2 rings (SSSR count). The van der Waals surface area contributed by atoms with E-state index in [-0.39, 0.29) is 5.91 Å². The van der Waals surface area contributed by atoms with E-state index in [1.165, 1.54) is 0 Å². The van der Waals surface area contributed by atoms with E-state index in [1.54, 1.807) is 30.3 Å². The van der Waals surface area contributed by atoms with Crippen molar-refractivity contribution in [2.24, 2.45) is 7.05 Å². The third-order valence-electron chi connectivity index (χ3n) is 3.23. The Bertz CT molecular complexity index is 638. The van der Waals surface area contributed by atoms with Crippen molar-refractivity contribution in [1.29, 1.82) is 0 Å². The first kappa shape index (κ1) is 15.4. The molecule has 1 amide bonds. The predicted octanol–water partition coefficient (Wildman–Crippen LogP) is 2.78. The van der Waals surface area contributed by atoms with Crippen molar-refractivity contribution in [2.45, 2.75) is 13.5 Å². The van der Waals surface area contributed by atoms with Gasteiger partial charge in [-0.05, 0) is 25.1 Å². The Morgan fingerprint density at radius 1 is 1.48 bits per heavy atom. The number of benzene rings is 1. The van der Waals surface area contributed by atoms with Gasteiger partial charge in [0, 0.05) is 43.7 Å². The van der Waals surface area contributed by atoms with E-state index >= 15 is 0 Å². The van der Waals surface area contributed by atoms with Crippen LogP contribution in [0.3, 0.4) is 0 Å². The maximum Gasteiger partial charge on any atom is 0.256 e. The Morgan fingerprint density at radius 3 is 2.86 bits per heavy atom. The Morgan fingerprint density at radius 2 is 2.24 bits per heavy atom. The summed E-state index contributed by atoms with van der Waals surface area (Å²) < 4.78 is 1.90. The summed E-state index contributed by atoms with van der Waals surface area (Å²) in [6.07, 6.45) is 3.58. The number of rotatable bonds is 5. The van der Waals surface area contributed by atoms with Gasteiger partial charge in [0.1, 0.15) is 5.82 Å². The quantitative estimate of drug-likeness (QED) is 0.924. The van der Waals surface area contributed by atoms with Gasteiger partial charge in [-0.2, -0.15) is 0 Å². The maximum atomic E-state index is 12.6. The van der Waals surface area contributed by atoms with Crippen LogP contribution in [-0.4, -0.2) is 34.0 Å². The van der Waals surface area contributed by atoms with E-state index in [9.17, 15) is 4.79 Å². The third-order valence-corrected chi connectivity index (χ3v) is 3.46. The molecular weight excluding hydrogens is 288 g/mol. The van der Waals surface area contributed by atoms with Crippen molar-refractivity contribution >= 4 is 23.2 Å². The fourth-order valence-electron chi connectivity index (χ4n) is 2.08. The smallest absolute Gasteiger partial charge is 0.256 e. The van der Waals surface area contributed by atoms with Crippen LogP contribution in [0.2, 0.25) is 5.02 Å². The lowest BCUT2D eigenvalue weighted by Gasteiger charge is -2.19. The number of nitrogens with one attached hydrogen (secondary N) is 1. The molecule has 2 aromatic rings. The van der Waals surface area contributed by atoms with Crippen LogP contribution in [0.4, 0.5) is 5.69 Å². The highest BCUT2D eigenvalue weighted by Gasteiger charge is 2.17. The van der Waals surface area contributed by atoms with Gasteiger partial charge in [-0.15, -0.1) is 0 Å². The van der Waals surface area contributed by atoms with Gasteiger partial charge in [0.25, 0.3) is 5.91 Å². The van der Waals surface area contributed by atoms with Crippen LogP contribution in [-0.2, 0) is 13.6 Å². The second kappa shape index (κ2) is 6.63. The number of imidazole rings is 1. The molecule has 112 valence electrons. The molecule has 0 aliphatic rings. The molecule has 5 nitrogen and oxygen atoms in total. The number of carbonyl (C=O) groups excluding carboxylic acids is 1. The highest BCUT2D eigenvalue weighted by molar-refractivity contribution is 6.31. The monoisotopic (exact) mass is 306 g/mol. The van der Waals surface area contributed by atoms with Crippen LogP contribution in [0.1, 0.15) is 23.1 Å². The summed E-state index contributed by atoms with van der Waals surface area (Å²) in [5.74, 6) is 0.745. The number of amides is 1. The van der Waals surface area contributed by atoms with Gasteiger partial charge < -0.3 is 14.8 Å². The predicted molar refractivity (Wildman–Crippen MR) is 84.6 cm³/mol. The number of halogens is 1. The molecule has 0 saturated heterocycles. The van der Waals surface area contributed by atoms with E-state index < -0.39 is 0 Å². The number of aryl methyl sites for hydroxylation is 1. The first-order valence-electron chi connectivity index (χ1n) is 6.78. The minimum Gasteiger partial charge on any atom is -0.385 e. The Hall–Kier alpha value is -2.01. The third kappa shape index (κ3) is 3.55. The summed E-state index contributed by atoms with van der Waals surface area (Å²) in [7, 11) is 3.66. The molecule has 0 aliphatic heterocycles. The number of hydrogen-bond donors (Lipinski definition) is 1. The van der Waals surface area contributed by atoms with Gasteiger partial charge in [0.05, 0.1) is 12.1 Å². The molecule has 1 heterocycles. The van der Waals surface area contributed by atoms with Crippen molar-refractivity contribution < 1.29 is 4.79 Å². The van der Waals surface area contributed by atoms with E-state index in [0.717, 1.165) is 18.1 Å². The Kier molecular flexibility index (Phi) is 4.85. The summed E-state index contributed by atoms with van der Waals surface area (Å²) in [5.41, 5.74) is 1.36. The lowest BCUT2D eigenvalue weighted by Crippen LogP contribution is -2.28. The maximum absolute atomic E-state index is 12.6. The summed E-state index contributed by atoms with van der Waals surface area (Å²) in [4.78, 5) is 18.5. The minimum absolute atomic E-state index is 0.0866. The van der Waals surface area contributed by atoms with Gasteiger partial charge in [-0.3, -0.25) is 4.79 Å². The number of anilines is 1. The van der Waals surface area contributed by atoms with Crippen molar-refractivity contribution in [3.8, 4) is 0 Å². The van der Waals surface area contributed by atoms with Crippen LogP contribution in [0.25, 0.3) is 0 Å². The highest BCUT2D eigenvalue weighted by atomic mass is 35.5. The van der Waals surface area contributed by atoms with Crippen LogP contribution < -0.4 is 5.32 Å². The normalized spacial score (nSPS) is 10.5. The zero-order valence-corrected chi connectivity index (χ0v) is 13.2. The average Bonchev–Trinajstić information content (AvgIpc) is 2.85. The first-order valence-corrected chi connectivity index (χ1v) is 7.15. The number of carbonyl (C=O) groups is 1. The van der Waals surface area contributed by atoms with Crippen molar-refractivity contribution in [1.82, 2.24) is 14.5 Å². The van der Waals surface area contributed by atoms with Crippen LogP contribution >= 0.6 is 11.6 Å². The minimum atomic E-state index is -0.0866. The molecule has 1 aromatic carbocycles. The fraction of sp³-hybridized carbons (Fsp3) is 0.333. The molecule has 1 N–H and O–H groups in total. The Labute approximate surface area is 129 Å². The molecule has 0 fully saturated rings. The van der Waals surface area contributed by atoms with Crippen LogP contribution in [0.15, 0.2) is 30.6 Å². The summed E-state index contributed by atoms with van der Waals surface area (Å²) in [6, 6.07) is 5.29. The average molecular weight is 307 g/mol. The molecule has 6 heteroatoms. The molecule has 0 atom stereocenters. The standard InChI is InChI=1S/C15H19ClN4O/c1-4-17-13-6-5-11(16)9-12(13)15(21)20(3)10-14-18-7-8-19(14)2/h5-9,17H,4,10H2,1-3H3. The summed E-state index contributed by atoms with van der Waals surface area (Å²) >= 11 is 6.02. The second-order valence-electron chi connectivity index (χ2n) is 4.84. The van der Waals surface area contributed by atoms with Crippen molar-refractivity contribution in [3.05, 3.63) is 47.0 Å². The lowest BCUT2D eigenvalue weighted by molar-refractivity contribution is 0.0781. The number of hydrogen-bond acceptors (Lipinski definition) is 3. The zero-order chi connectivity index (χ0) is 15.4. The van der Waals surface area contributed by atoms with E-state index in [4.69, 9.17) is 11.6 Å². The van der Waals surface area contributed by atoms with Gasteiger partial charge >= 0.3 is 0 Å². The van der Waals surface area contributed by atoms with E-state index in [1.807, 2.05) is 30.8 Å². The van der Waals surface area contributed by atoms with E-state index in [2.05, 4.69) is 10.3 Å². The highest BCUT2D eigenvalue weighted by Crippen LogP contribution is 2.22. The second-order valence-corrected chi connectivity index (χ2v) is 5.27. The molecule has 0 unspecified atom stereocenters. The number of nitrogens with zero attached hydrogens (tertiary/aromatic N) is 3. The molecular formula is C15H19ClN4O. The lowest BCUT2D eigenvalue weighted by atomic mass is 10.1. The molecule has 0 radical (unpaired) electrons. The molecule has 0 spiro atoms. The van der Waals surface area contributed by atoms with E-state index in [0.29, 0.717) is 17.1 Å². The van der Waals surface area contributed by atoms with Gasteiger partial charge in [0.15, 0.2) is 0 Å². The topological polar surface area (TPSA) is 50.2 Å². The molecule has 0 saturated carbocycles. The van der Waals surface area contributed by atoms with Gasteiger partial charge in [0.2, 0.25) is 0 Å². The molecule has 21 heavy (non-hydrogen) atoms. The molecule has 1 aromatic heterocycles. The van der Waals surface area contributed by atoms with Crippen molar-refractivity contribution in [3.63, 3.8) is 0 Å². The summed E-state index contributed by atoms with van der Waals surface area (Å²) in [5, 5.41) is 3.73. The van der Waals surface area contributed by atoms with Crippen molar-refractivity contribution in [2.75, 3.05) is 18.9 Å². The van der Waals surface area contributed by atoms with Crippen LogP contribution in [0, 0.1) is 0 Å². The van der Waals surface area contributed by atoms with Gasteiger partial charge in [-0.25, -0.2) is 4.98 Å². The molecule has 0 bridgehead atoms. The summed E-state index contributed by atoms with van der Waals surface area (Å²) in [6.45, 7) is 3.17. The zero-order valence-electron chi connectivity index (χ0n) is 12.4. The Balaban J connectivity index is 2.22. The first-order chi connectivity index (χ1) is 10.0. The number of aromatic nitrogens is 2. The molecule has 0 aliphatic carbocycles. The van der Waals surface area contributed by atoms with Gasteiger partial charge in [-0.1, -0.05) is 11.6 Å². The SMILES string of the molecule is CCNc1ccc(Cl)cc1C(=O)N(C)Cc1nccn1C. The van der Waals surface area contributed by atoms with Crippen LogP contribution in [0.5, 0.6) is 0 Å². The largest absolute Gasteiger partial charge is 0.385 e. The fourth-order valence-corrected chi connectivity index (χ4v) is 2.25.